The van der Waals surface area contributed by atoms with Crippen LogP contribution in [0.15, 0.2) is 18.2 Å². The minimum absolute atomic E-state index is 0.0188. The molecule has 7 heteroatoms. The molecule has 26 heavy (non-hydrogen) atoms. The summed E-state index contributed by atoms with van der Waals surface area (Å²) in [5, 5.41) is 0. The molecule has 0 unspecified atom stereocenters. The van der Waals surface area contributed by atoms with Gasteiger partial charge in [0.15, 0.2) is 11.5 Å². The van der Waals surface area contributed by atoms with E-state index in [1.54, 1.807) is 0 Å². The van der Waals surface area contributed by atoms with Crippen molar-refractivity contribution >= 4 is 11.8 Å². The summed E-state index contributed by atoms with van der Waals surface area (Å²) in [6.07, 6.45) is 2.32. The van der Waals surface area contributed by atoms with Crippen molar-refractivity contribution in [2.75, 3.05) is 33.0 Å². The second-order valence-electron chi connectivity index (χ2n) is 7.55. The molecule has 1 atom stereocenters. The number of ether oxygens (including phenoxy) is 2. The maximum Gasteiger partial charge on any atom is 0.247 e. The fourth-order valence-corrected chi connectivity index (χ4v) is 4.17. The monoisotopic (exact) mass is 357 g/mol. The van der Waals surface area contributed by atoms with Crippen LogP contribution in [0.2, 0.25) is 0 Å². The van der Waals surface area contributed by atoms with Gasteiger partial charge >= 0.3 is 0 Å². The van der Waals surface area contributed by atoms with Crippen molar-refractivity contribution in [1.82, 2.24) is 14.7 Å². The Morgan fingerprint density at radius 1 is 1.00 bits per heavy atom. The zero-order valence-corrected chi connectivity index (χ0v) is 14.7. The highest BCUT2D eigenvalue weighted by Crippen LogP contribution is 2.34. The van der Waals surface area contributed by atoms with Crippen molar-refractivity contribution in [3.8, 4) is 11.5 Å². The quantitative estimate of drug-likeness (QED) is 0.744. The third-order valence-corrected chi connectivity index (χ3v) is 5.76. The molecule has 0 radical (unpaired) electrons. The van der Waals surface area contributed by atoms with Crippen molar-refractivity contribution in [3.05, 3.63) is 23.8 Å². The summed E-state index contributed by atoms with van der Waals surface area (Å²) >= 11 is 0. The molecule has 5 rings (SSSR count). The molecule has 2 saturated heterocycles. The first kappa shape index (κ1) is 16.1. The first-order valence-electron chi connectivity index (χ1n) is 9.40. The van der Waals surface area contributed by atoms with Crippen LogP contribution in [0.25, 0.3) is 0 Å². The number of carbonyl (C=O) groups excluding carboxylic acids is 2. The molecule has 1 saturated carbocycles. The Morgan fingerprint density at radius 3 is 2.54 bits per heavy atom. The molecule has 3 aliphatic heterocycles. The van der Waals surface area contributed by atoms with E-state index in [9.17, 15) is 9.59 Å². The van der Waals surface area contributed by atoms with Crippen molar-refractivity contribution < 1.29 is 19.1 Å². The van der Waals surface area contributed by atoms with Crippen LogP contribution in [0.4, 0.5) is 0 Å². The van der Waals surface area contributed by atoms with E-state index < -0.39 is 0 Å². The van der Waals surface area contributed by atoms with Gasteiger partial charge in [-0.3, -0.25) is 24.3 Å². The van der Waals surface area contributed by atoms with Gasteiger partial charge in [-0.25, -0.2) is 0 Å². The Morgan fingerprint density at radius 2 is 1.77 bits per heavy atom. The Kier molecular flexibility index (Phi) is 3.86. The molecular formula is C19H23N3O4. The number of benzene rings is 1. The van der Waals surface area contributed by atoms with E-state index in [1.165, 1.54) is 10.5 Å². The summed E-state index contributed by atoms with van der Waals surface area (Å²) in [7, 11) is 0. The number of imide groups is 1. The molecule has 1 aromatic carbocycles. The number of piperazine rings is 1. The number of hydrogen-bond donors (Lipinski definition) is 0. The van der Waals surface area contributed by atoms with Gasteiger partial charge in [0.05, 0.1) is 12.5 Å². The van der Waals surface area contributed by atoms with Crippen LogP contribution in [0, 0.1) is 0 Å². The molecular weight excluding hydrogens is 334 g/mol. The van der Waals surface area contributed by atoms with Gasteiger partial charge in [-0.1, -0.05) is 6.07 Å². The van der Waals surface area contributed by atoms with E-state index in [0.29, 0.717) is 13.2 Å². The lowest BCUT2D eigenvalue weighted by atomic mass is 10.1. The Labute approximate surface area is 152 Å². The van der Waals surface area contributed by atoms with Crippen LogP contribution >= 0.6 is 0 Å². The Balaban J connectivity index is 1.18. The van der Waals surface area contributed by atoms with Crippen LogP contribution in [0.5, 0.6) is 11.5 Å². The van der Waals surface area contributed by atoms with Crippen LogP contribution in [0.3, 0.4) is 0 Å². The van der Waals surface area contributed by atoms with E-state index in [2.05, 4.69) is 15.9 Å². The molecule has 0 spiro atoms. The summed E-state index contributed by atoms with van der Waals surface area (Å²) in [4.78, 5) is 30.9. The highest BCUT2D eigenvalue weighted by molar-refractivity contribution is 6.06. The number of rotatable bonds is 4. The molecule has 0 bridgehead atoms. The average Bonchev–Trinajstić information content (AvgIpc) is 3.28. The Hall–Kier alpha value is -2.12. The van der Waals surface area contributed by atoms with Gasteiger partial charge in [0, 0.05) is 38.8 Å². The van der Waals surface area contributed by atoms with Crippen LogP contribution in [-0.4, -0.2) is 71.6 Å². The Bertz CT molecular complexity index is 740. The van der Waals surface area contributed by atoms with E-state index >= 15 is 0 Å². The lowest BCUT2D eigenvalue weighted by Gasteiger charge is -2.37. The molecule has 1 aliphatic carbocycles. The summed E-state index contributed by atoms with van der Waals surface area (Å²) < 4.78 is 10.8. The lowest BCUT2D eigenvalue weighted by molar-refractivity contribution is -0.140. The van der Waals surface area contributed by atoms with Crippen molar-refractivity contribution in [2.45, 2.75) is 37.9 Å². The predicted molar refractivity (Wildman–Crippen MR) is 92.7 cm³/mol. The zero-order chi connectivity index (χ0) is 17.7. The number of amides is 2. The van der Waals surface area contributed by atoms with Gasteiger partial charge < -0.3 is 9.47 Å². The predicted octanol–water partition coefficient (Wildman–Crippen LogP) is 0.823. The van der Waals surface area contributed by atoms with Crippen LogP contribution < -0.4 is 9.47 Å². The normalized spacial score (nSPS) is 26.8. The molecule has 7 nitrogen and oxygen atoms in total. The van der Waals surface area contributed by atoms with E-state index in [0.717, 1.165) is 57.1 Å². The first-order valence-corrected chi connectivity index (χ1v) is 9.40. The third-order valence-electron chi connectivity index (χ3n) is 5.76. The largest absolute Gasteiger partial charge is 0.454 e. The number of likely N-dealkylation sites (tertiary alicyclic amines) is 1. The average molecular weight is 357 g/mol. The summed E-state index contributed by atoms with van der Waals surface area (Å²) in [6, 6.07) is 6.03. The molecule has 3 fully saturated rings. The number of nitrogens with zero attached hydrogens (tertiary/aromatic N) is 3. The summed E-state index contributed by atoms with van der Waals surface area (Å²) in [5.41, 5.74) is 1.20. The fourth-order valence-electron chi connectivity index (χ4n) is 4.17. The third kappa shape index (κ3) is 2.85. The highest BCUT2D eigenvalue weighted by Gasteiger charge is 2.48. The molecule has 1 aromatic rings. The SMILES string of the molecule is O=C1C[C@H](N2CCN(Cc3ccc4c(c3)OCO4)CC2)C(=O)N1C1CC1. The van der Waals surface area contributed by atoms with Gasteiger partial charge in [0.1, 0.15) is 0 Å². The second-order valence-corrected chi connectivity index (χ2v) is 7.55. The molecule has 2 amide bonds. The molecule has 138 valence electrons. The maximum atomic E-state index is 12.6. The minimum Gasteiger partial charge on any atom is -0.454 e. The maximum absolute atomic E-state index is 12.6. The summed E-state index contributed by atoms with van der Waals surface area (Å²) in [6.45, 7) is 4.60. The topological polar surface area (TPSA) is 62.3 Å². The van der Waals surface area contributed by atoms with Gasteiger partial charge in [0.2, 0.25) is 18.6 Å². The minimum atomic E-state index is -0.240. The summed E-state index contributed by atoms with van der Waals surface area (Å²) in [5.74, 6) is 1.67. The van der Waals surface area contributed by atoms with Crippen LogP contribution in [0.1, 0.15) is 24.8 Å². The molecule has 3 heterocycles. The lowest BCUT2D eigenvalue weighted by Crippen LogP contribution is -2.52. The van der Waals surface area contributed by atoms with Gasteiger partial charge in [-0.2, -0.15) is 0 Å². The van der Waals surface area contributed by atoms with E-state index in [-0.39, 0.29) is 23.9 Å². The van der Waals surface area contributed by atoms with E-state index in [4.69, 9.17) is 9.47 Å². The number of carbonyl (C=O) groups is 2. The molecule has 0 N–H and O–H groups in total. The van der Waals surface area contributed by atoms with Crippen molar-refractivity contribution in [2.24, 2.45) is 0 Å². The zero-order valence-electron chi connectivity index (χ0n) is 14.7. The highest BCUT2D eigenvalue weighted by atomic mass is 16.7. The molecule has 4 aliphatic rings. The smallest absolute Gasteiger partial charge is 0.247 e. The van der Waals surface area contributed by atoms with Gasteiger partial charge in [-0.15, -0.1) is 0 Å². The number of hydrogen-bond acceptors (Lipinski definition) is 6. The molecule has 0 aromatic heterocycles. The van der Waals surface area contributed by atoms with Crippen molar-refractivity contribution in [1.29, 1.82) is 0 Å². The van der Waals surface area contributed by atoms with Crippen LogP contribution in [-0.2, 0) is 16.1 Å². The first-order chi connectivity index (χ1) is 12.7. The number of fused-ring (bicyclic) bond motifs is 1. The fraction of sp³-hybridized carbons (Fsp3) is 0.579. The van der Waals surface area contributed by atoms with Crippen molar-refractivity contribution in [3.63, 3.8) is 0 Å². The standard InChI is InChI=1S/C19H23N3O4/c23-18-10-15(19(24)22(18)14-2-3-14)21-7-5-20(6-8-21)11-13-1-4-16-17(9-13)26-12-25-16/h1,4,9,14-15H,2-3,5-8,10-12H2/t15-/m0/s1. The van der Waals surface area contributed by atoms with E-state index in [1.807, 2.05) is 12.1 Å². The van der Waals surface area contributed by atoms with Gasteiger partial charge in [-0.05, 0) is 30.5 Å². The van der Waals surface area contributed by atoms with Gasteiger partial charge in [0.25, 0.3) is 0 Å². The second kappa shape index (κ2) is 6.25.